The molecule has 0 saturated carbocycles. The zero-order valence-electron chi connectivity index (χ0n) is 16.3. The molecule has 3 N–H and O–H groups in total. The van der Waals surface area contributed by atoms with Gasteiger partial charge in [0, 0.05) is 18.8 Å². The maximum absolute atomic E-state index is 12.7. The molecule has 152 valence electrons. The van der Waals surface area contributed by atoms with Crippen molar-refractivity contribution < 1.29 is 19.5 Å². The minimum atomic E-state index is -1.12. The van der Waals surface area contributed by atoms with Crippen LogP contribution in [0.25, 0.3) is 0 Å². The summed E-state index contributed by atoms with van der Waals surface area (Å²) in [7, 11) is 0. The summed E-state index contributed by atoms with van der Waals surface area (Å²) >= 11 is 0. The topological polar surface area (TPSA) is 98.7 Å². The fourth-order valence-corrected chi connectivity index (χ4v) is 3.49. The van der Waals surface area contributed by atoms with Gasteiger partial charge in [0.1, 0.15) is 0 Å². The van der Waals surface area contributed by atoms with E-state index < -0.39 is 17.9 Å². The number of rotatable bonds is 5. The highest BCUT2D eigenvalue weighted by Crippen LogP contribution is 2.21. The van der Waals surface area contributed by atoms with Crippen molar-refractivity contribution in [3.63, 3.8) is 0 Å². The molecule has 0 radical (unpaired) electrons. The van der Waals surface area contributed by atoms with Crippen LogP contribution < -0.4 is 10.6 Å². The Morgan fingerprint density at radius 1 is 1.10 bits per heavy atom. The summed E-state index contributed by atoms with van der Waals surface area (Å²) < 4.78 is 0. The smallest absolute Gasteiger partial charge is 0.330 e. The van der Waals surface area contributed by atoms with E-state index in [0.717, 1.165) is 5.56 Å². The lowest BCUT2D eigenvalue weighted by Crippen LogP contribution is -2.48. The molecular formula is C22H25N3O4. The number of likely N-dealkylation sites (tertiary alicyclic amines) is 1. The van der Waals surface area contributed by atoms with Crippen molar-refractivity contribution in [3.05, 3.63) is 65.7 Å². The second-order valence-electron chi connectivity index (χ2n) is 7.28. The Morgan fingerprint density at radius 3 is 2.55 bits per heavy atom. The predicted molar refractivity (Wildman–Crippen MR) is 109 cm³/mol. The third kappa shape index (κ3) is 5.34. The molecule has 3 amide bonds. The van der Waals surface area contributed by atoms with Crippen molar-refractivity contribution in [2.45, 2.75) is 25.8 Å². The fraction of sp³-hybridized carbons (Fsp3) is 0.318. The Balaban J connectivity index is 1.62. The first-order valence-corrected chi connectivity index (χ1v) is 9.65. The van der Waals surface area contributed by atoms with Crippen LogP contribution in [-0.2, 0) is 9.59 Å². The van der Waals surface area contributed by atoms with E-state index in [0.29, 0.717) is 30.6 Å². The molecule has 1 aliphatic heterocycles. The van der Waals surface area contributed by atoms with Crippen LogP contribution in [-0.4, -0.2) is 41.0 Å². The summed E-state index contributed by atoms with van der Waals surface area (Å²) in [5, 5.41) is 15.0. The van der Waals surface area contributed by atoms with E-state index in [-0.39, 0.29) is 18.5 Å². The van der Waals surface area contributed by atoms with Crippen LogP contribution >= 0.6 is 0 Å². The summed E-state index contributed by atoms with van der Waals surface area (Å²) in [4.78, 5) is 38.6. The number of carboxylic acid groups (broad SMARTS) is 1. The quantitative estimate of drug-likeness (QED) is 0.724. The summed E-state index contributed by atoms with van der Waals surface area (Å²) in [6.45, 7) is 2.76. The van der Waals surface area contributed by atoms with Gasteiger partial charge in [0.2, 0.25) is 5.91 Å². The number of aliphatic carboxylic acids is 1. The first-order chi connectivity index (χ1) is 13.9. The van der Waals surface area contributed by atoms with Crippen LogP contribution in [0.15, 0.2) is 54.6 Å². The van der Waals surface area contributed by atoms with Crippen LogP contribution in [0, 0.1) is 12.8 Å². The van der Waals surface area contributed by atoms with Crippen LogP contribution in [0.4, 0.5) is 10.5 Å². The SMILES string of the molecule is Cc1cccc(NC(=O)N2CCCC(C(=O)N[C@@H](C(=O)O)c3ccccc3)C2)c1. The molecule has 2 aromatic carbocycles. The van der Waals surface area contributed by atoms with E-state index >= 15 is 0 Å². The number of benzene rings is 2. The van der Waals surface area contributed by atoms with Crippen LogP contribution in [0.3, 0.4) is 0 Å². The number of nitrogens with zero attached hydrogens (tertiary/aromatic N) is 1. The van der Waals surface area contributed by atoms with Gasteiger partial charge in [-0.25, -0.2) is 9.59 Å². The van der Waals surface area contributed by atoms with Crippen molar-refractivity contribution >= 4 is 23.6 Å². The third-order valence-corrected chi connectivity index (χ3v) is 5.02. The van der Waals surface area contributed by atoms with E-state index in [2.05, 4.69) is 10.6 Å². The van der Waals surface area contributed by atoms with Gasteiger partial charge in [-0.15, -0.1) is 0 Å². The average Bonchev–Trinajstić information content (AvgIpc) is 2.72. The summed E-state index contributed by atoms with van der Waals surface area (Å²) in [5.41, 5.74) is 2.26. The number of hydrogen-bond donors (Lipinski definition) is 3. The average molecular weight is 395 g/mol. The maximum atomic E-state index is 12.7. The molecule has 1 unspecified atom stereocenters. The van der Waals surface area contributed by atoms with E-state index in [1.165, 1.54) is 0 Å². The molecule has 0 spiro atoms. The van der Waals surface area contributed by atoms with Gasteiger partial charge in [-0.1, -0.05) is 42.5 Å². The second kappa shape index (κ2) is 9.23. The fourth-order valence-electron chi connectivity index (χ4n) is 3.49. The number of hydrogen-bond acceptors (Lipinski definition) is 3. The first kappa shape index (κ1) is 20.4. The highest BCUT2D eigenvalue weighted by molar-refractivity contribution is 5.90. The highest BCUT2D eigenvalue weighted by atomic mass is 16.4. The van der Waals surface area contributed by atoms with Gasteiger partial charge in [0.15, 0.2) is 6.04 Å². The highest BCUT2D eigenvalue weighted by Gasteiger charge is 2.31. The van der Waals surface area contributed by atoms with Crippen molar-refractivity contribution in [3.8, 4) is 0 Å². The van der Waals surface area contributed by atoms with Crippen LogP contribution in [0.2, 0.25) is 0 Å². The Labute approximate surface area is 169 Å². The monoisotopic (exact) mass is 395 g/mol. The molecule has 2 aromatic rings. The molecule has 1 heterocycles. The number of aryl methyl sites for hydroxylation is 1. The van der Waals surface area contributed by atoms with E-state index in [1.807, 2.05) is 31.2 Å². The van der Waals surface area contributed by atoms with E-state index in [1.54, 1.807) is 35.2 Å². The van der Waals surface area contributed by atoms with Gasteiger partial charge in [0.05, 0.1) is 5.92 Å². The Bertz CT molecular complexity index is 885. The van der Waals surface area contributed by atoms with Gasteiger partial charge in [-0.3, -0.25) is 4.79 Å². The third-order valence-electron chi connectivity index (χ3n) is 5.02. The molecule has 0 aliphatic carbocycles. The van der Waals surface area contributed by atoms with Crippen LogP contribution in [0.5, 0.6) is 0 Å². The molecule has 0 bridgehead atoms. The van der Waals surface area contributed by atoms with Crippen molar-refractivity contribution in [2.75, 3.05) is 18.4 Å². The number of amides is 3. The predicted octanol–water partition coefficient (Wildman–Crippen LogP) is 3.18. The summed E-state index contributed by atoms with van der Waals surface area (Å²) in [5.74, 6) is -1.92. The molecule has 7 nitrogen and oxygen atoms in total. The number of urea groups is 1. The number of carboxylic acids is 1. The van der Waals surface area contributed by atoms with Gasteiger partial charge < -0.3 is 20.6 Å². The van der Waals surface area contributed by atoms with E-state index in [9.17, 15) is 19.5 Å². The lowest BCUT2D eigenvalue weighted by Gasteiger charge is -2.32. The first-order valence-electron chi connectivity index (χ1n) is 9.65. The largest absolute Gasteiger partial charge is 0.479 e. The standard InChI is InChI=1S/C22H25N3O4/c1-15-7-5-11-18(13-15)23-22(29)25-12-6-10-17(14-25)20(26)24-19(21(27)28)16-8-3-2-4-9-16/h2-5,7-9,11,13,17,19H,6,10,12,14H2,1H3,(H,23,29)(H,24,26)(H,27,28)/t17?,19-/m1/s1. The normalized spacial score (nSPS) is 17.3. The molecule has 2 atom stereocenters. The maximum Gasteiger partial charge on any atom is 0.330 e. The van der Waals surface area contributed by atoms with Gasteiger partial charge in [0.25, 0.3) is 0 Å². The van der Waals surface area contributed by atoms with Crippen molar-refractivity contribution in [2.24, 2.45) is 5.92 Å². The number of piperidine rings is 1. The lowest BCUT2D eigenvalue weighted by molar-refractivity contribution is -0.143. The van der Waals surface area contributed by atoms with Crippen molar-refractivity contribution in [1.82, 2.24) is 10.2 Å². The molecule has 1 fully saturated rings. The van der Waals surface area contributed by atoms with E-state index in [4.69, 9.17) is 0 Å². The van der Waals surface area contributed by atoms with Gasteiger partial charge in [-0.2, -0.15) is 0 Å². The zero-order valence-corrected chi connectivity index (χ0v) is 16.3. The number of carbonyl (C=O) groups is 3. The van der Waals surface area contributed by atoms with Gasteiger partial charge >= 0.3 is 12.0 Å². The zero-order chi connectivity index (χ0) is 20.8. The molecule has 7 heteroatoms. The van der Waals surface area contributed by atoms with Crippen molar-refractivity contribution in [1.29, 1.82) is 0 Å². The minimum absolute atomic E-state index is 0.255. The number of nitrogens with one attached hydrogen (secondary N) is 2. The molecule has 3 rings (SSSR count). The minimum Gasteiger partial charge on any atom is -0.479 e. The molecular weight excluding hydrogens is 370 g/mol. The van der Waals surface area contributed by atoms with Crippen LogP contribution in [0.1, 0.15) is 30.0 Å². The Kier molecular flexibility index (Phi) is 6.49. The summed E-state index contributed by atoms with van der Waals surface area (Å²) in [6.07, 6.45) is 1.30. The van der Waals surface area contributed by atoms with Gasteiger partial charge in [-0.05, 0) is 43.0 Å². The second-order valence-corrected chi connectivity index (χ2v) is 7.28. The molecule has 1 saturated heterocycles. The molecule has 1 aliphatic rings. The molecule has 29 heavy (non-hydrogen) atoms. The molecule has 0 aromatic heterocycles. The Hall–Kier alpha value is -3.35. The lowest BCUT2D eigenvalue weighted by atomic mass is 9.96. The number of carbonyl (C=O) groups excluding carboxylic acids is 2. The number of anilines is 1. The summed E-state index contributed by atoms with van der Waals surface area (Å²) in [6, 6.07) is 14.7. The Morgan fingerprint density at radius 2 is 1.86 bits per heavy atom.